The summed E-state index contributed by atoms with van der Waals surface area (Å²) in [5, 5.41) is 2.80. The van der Waals surface area contributed by atoms with E-state index < -0.39 is 0 Å². The van der Waals surface area contributed by atoms with Crippen molar-refractivity contribution in [3.63, 3.8) is 0 Å². The molecular formula is C11H23NO3. The molecule has 1 amide bonds. The SMILES string of the molecule is CCCCC(=O)NCCOCCOCC. The summed E-state index contributed by atoms with van der Waals surface area (Å²) >= 11 is 0. The maximum atomic E-state index is 11.1. The van der Waals surface area contributed by atoms with Crippen LogP contribution in [0.4, 0.5) is 0 Å². The second-order valence-electron chi connectivity index (χ2n) is 3.26. The molecule has 0 aliphatic rings. The van der Waals surface area contributed by atoms with Crippen molar-refractivity contribution in [3.8, 4) is 0 Å². The summed E-state index contributed by atoms with van der Waals surface area (Å²) < 4.78 is 10.4. The van der Waals surface area contributed by atoms with Gasteiger partial charge >= 0.3 is 0 Å². The maximum Gasteiger partial charge on any atom is 0.220 e. The average molecular weight is 217 g/mol. The highest BCUT2D eigenvalue weighted by Crippen LogP contribution is 1.92. The van der Waals surface area contributed by atoms with Crippen LogP contribution < -0.4 is 5.32 Å². The number of hydrogen-bond donors (Lipinski definition) is 1. The number of nitrogens with one attached hydrogen (secondary N) is 1. The van der Waals surface area contributed by atoms with Crippen LogP contribution in [-0.2, 0) is 14.3 Å². The Kier molecular flexibility index (Phi) is 11.0. The van der Waals surface area contributed by atoms with Gasteiger partial charge in [-0.2, -0.15) is 0 Å². The van der Waals surface area contributed by atoms with Crippen LogP contribution in [-0.4, -0.2) is 38.9 Å². The van der Waals surface area contributed by atoms with E-state index in [2.05, 4.69) is 12.2 Å². The van der Waals surface area contributed by atoms with E-state index in [1.165, 1.54) is 0 Å². The molecule has 0 fully saturated rings. The highest BCUT2D eigenvalue weighted by atomic mass is 16.5. The molecule has 0 bridgehead atoms. The van der Waals surface area contributed by atoms with E-state index >= 15 is 0 Å². The molecule has 1 N–H and O–H groups in total. The number of rotatable bonds is 10. The molecule has 0 rings (SSSR count). The summed E-state index contributed by atoms with van der Waals surface area (Å²) in [7, 11) is 0. The fraction of sp³-hybridized carbons (Fsp3) is 0.909. The molecule has 90 valence electrons. The summed E-state index contributed by atoms with van der Waals surface area (Å²) in [6, 6.07) is 0. The second kappa shape index (κ2) is 11.5. The molecule has 0 unspecified atom stereocenters. The fourth-order valence-corrected chi connectivity index (χ4v) is 1.05. The van der Waals surface area contributed by atoms with Gasteiger partial charge in [-0.3, -0.25) is 4.79 Å². The predicted molar refractivity (Wildman–Crippen MR) is 59.8 cm³/mol. The molecule has 0 radical (unpaired) electrons. The first-order valence-electron chi connectivity index (χ1n) is 5.73. The first-order valence-corrected chi connectivity index (χ1v) is 5.73. The van der Waals surface area contributed by atoms with E-state index in [0.717, 1.165) is 19.4 Å². The average Bonchev–Trinajstić information content (AvgIpc) is 2.25. The van der Waals surface area contributed by atoms with Gasteiger partial charge in [0.15, 0.2) is 0 Å². The van der Waals surface area contributed by atoms with Crippen LogP contribution in [0.5, 0.6) is 0 Å². The monoisotopic (exact) mass is 217 g/mol. The van der Waals surface area contributed by atoms with Crippen LogP contribution in [0.15, 0.2) is 0 Å². The van der Waals surface area contributed by atoms with Gasteiger partial charge in [-0.1, -0.05) is 13.3 Å². The van der Waals surface area contributed by atoms with Gasteiger partial charge in [0.05, 0.1) is 19.8 Å². The minimum absolute atomic E-state index is 0.116. The number of hydrogen-bond acceptors (Lipinski definition) is 3. The van der Waals surface area contributed by atoms with Gasteiger partial charge in [0.2, 0.25) is 5.91 Å². The van der Waals surface area contributed by atoms with Crippen LogP contribution in [0.3, 0.4) is 0 Å². The number of carbonyl (C=O) groups is 1. The zero-order valence-corrected chi connectivity index (χ0v) is 9.88. The van der Waals surface area contributed by atoms with E-state index in [-0.39, 0.29) is 5.91 Å². The zero-order chi connectivity index (χ0) is 11.4. The van der Waals surface area contributed by atoms with Gasteiger partial charge in [-0.05, 0) is 13.3 Å². The molecule has 0 aromatic heterocycles. The highest BCUT2D eigenvalue weighted by Gasteiger charge is 1.98. The number of carbonyl (C=O) groups excluding carboxylic acids is 1. The molecule has 0 aromatic rings. The lowest BCUT2D eigenvalue weighted by Gasteiger charge is -2.06. The van der Waals surface area contributed by atoms with E-state index in [4.69, 9.17) is 9.47 Å². The fourth-order valence-electron chi connectivity index (χ4n) is 1.05. The molecule has 0 atom stereocenters. The van der Waals surface area contributed by atoms with Gasteiger partial charge in [0, 0.05) is 19.6 Å². The lowest BCUT2D eigenvalue weighted by Crippen LogP contribution is -2.27. The third-order valence-electron chi connectivity index (χ3n) is 1.90. The van der Waals surface area contributed by atoms with Crippen molar-refractivity contribution in [2.75, 3.05) is 33.0 Å². The van der Waals surface area contributed by atoms with Crippen molar-refractivity contribution >= 4 is 5.91 Å². The largest absolute Gasteiger partial charge is 0.379 e. The van der Waals surface area contributed by atoms with Crippen LogP contribution in [0, 0.1) is 0 Å². The zero-order valence-electron chi connectivity index (χ0n) is 9.88. The number of unbranched alkanes of at least 4 members (excludes halogenated alkanes) is 1. The molecule has 0 saturated carbocycles. The number of amides is 1. The third-order valence-corrected chi connectivity index (χ3v) is 1.90. The standard InChI is InChI=1S/C11H23NO3/c1-3-5-6-11(13)12-7-8-15-10-9-14-4-2/h3-10H2,1-2H3,(H,12,13). The Bertz CT molecular complexity index is 151. The van der Waals surface area contributed by atoms with E-state index in [1.807, 2.05) is 6.92 Å². The van der Waals surface area contributed by atoms with Crippen molar-refractivity contribution in [3.05, 3.63) is 0 Å². The predicted octanol–water partition coefficient (Wildman–Crippen LogP) is 1.35. The van der Waals surface area contributed by atoms with Gasteiger partial charge in [0.25, 0.3) is 0 Å². The van der Waals surface area contributed by atoms with E-state index in [0.29, 0.717) is 32.8 Å². The summed E-state index contributed by atoms with van der Waals surface area (Å²) in [6.07, 6.45) is 2.63. The van der Waals surface area contributed by atoms with Crippen LogP contribution >= 0.6 is 0 Å². The molecule has 0 aliphatic carbocycles. The Hall–Kier alpha value is -0.610. The Labute approximate surface area is 92.3 Å². The van der Waals surface area contributed by atoms with E-state index in [9.17, 15) is 4.79 Å². The van der Waals surface area contributed by atoms with Crippen LogP contribution in [0.25, 0.3) is 0 Å². The Morgan fingerprint density at radius 2 is 1.87 bits per heavy atom. The molecule has 15 heavy (non-hydrogen) atoms. The Balaban J connectivity index is 3.06. The van der Waals surface area contributed by atoms with Gasteiger partial charge in [0.1, 0.15) is 0 Å². The summed E-state index contributed by atoms with van der Waals surface area (Å²) in [4.78, 5) is 11.1. The van der Waals surface area contributed by atoms with Gasteiger partial charge in [-0.15, -0.1) is 0 Å². The van der Waals surface area contributed by atoms with E-state index in [1.54, 1.807) is 0 Å². The Morgan fingerprint density at radius 3 is 2.53 bits per heavy atom. The number of ether oxygens (including phenoxy) is 2. The van der Waals surface area contributed by atoms with Crippen molar-refractivity contribution in [1.82, 2.24) is 5.32 Å². The molecule has 0 heterocycles. The summed E-state index contributed by atoms with van der Waals surface area (Å²) in [5.74, 6) is 0.116. The molecule has 0 saturated heterocycles. The van der Waals surface area contributed by atoms with Gasteiger partial charge < -0.3 is 14.8 Å². The molecule has 4 nitrogen and oxygen atoms in total. The maximum absolute atomic E-state index is 11.1. The second-order valence-corrected chi connectivity index (χ2v) is 3.26. The molecule has 0 spiro atoms. The molecule has 4 heteroatoms. The van der Waals surface area contributed by atoms with Crippen LogP contribution in [0.2, 0.25) is 0 Å². The van der Waals surface area contributed by atoms with Crippen molar-refractivity contribution in [2.24, 2.45) is 0 Å². The summed E-state index contributed by atoms with van der Waals surface area (Å²) in [5.41, 5.74) is 0. The van der Waals surface area contributed by atoms with Gasteiger partial charge in [-0.25, -0.2) is 0 Å². The normalized spacial score (nSPS) is 10.3. The third kappa shape index (κ3) is 11.3. The Morgan fingerprint density at radius 1 is 1.13 bits per heavy atom. The first-order chi connectivity index (χ1) is 7.31. The minimum Gasteiger partial charge on any atom is -0.379 e. The molecule has 0 aromatic carbocycles. The topological polar surface area (TPSA) is 47.6 Å². The smallest absolute Gasteiger partial charge is 0.220 e. The first kappa shape index (κ1) is 14.4. The molecule has 0 aliphatic heterocycles. The lowest BCUT2D eigenvalue weighted by molar-refractivity contribution is -0.121. The van der Waals surface area contributed by atoms with Crippen molar-refractivity contribution in [1.29, 1.82) is 0 Å². The molecular weight excluding hydrogens is 194 g/mol. The summed E-state index contributed by atoms with van der Waals surface area (Å²) in [6.45, 7) is 7.12. The van der Waals surface area contributed by atoms with Crippen molar-refractivity contribution in [2.45, 2.75) is 33.1 Å². The lowest BCUT2D eigenvalue weighted by atomic mass is 10.2. The minimum atomic E-state index is 0.116. The van der Waals surface area contributed by atoms with Crippen molar-refractivity contribution < 1.29 is 14.3 Å². The van der Waals surface area contributed by atoms with Crippen LogP contribution in [0.1, 0.15) is 33.1 Å². The highest BCUT2D eigenvalue weighted by molar-refractivity contribution is 5.75. The quantitative estimate of drug-likeness (QED) is 0.562.